The summed E-state index contributed by atoms with van der Waals surface area (Å²) in [6.45, 7) is 0. The van der Waals surface area contributed by atoms with Crippen molar-refractivity contribution in [3.8, 4) is 0 Å². The number of aromatic nitrogens is 3. The first kappa shape index (κ1) is 8.91. The molecule has 0 fully saturated rings. The molecule has 0 spiro atoms. The van der Waals surface area contributed by atoms with Gasteiger partial charge in [0.2, 0.25) is 0 Å². The molecule has 0 aliphatic heterocycles. The summed E-state index contributed by atoms with van der Waals surface area (Å²) in [6, 6.07) is 11.9. The second-order valence-electron chi connectivity index (χ2n) is 3.44. The third-order valence-corrected chi connectivity index (χ3v) is 2.39. The molecular formula is C12H10N4. The number of para-hydroxylation sites is 1. The summed E-state index contributed by atoms with van der Waals surface area (Å²) >= 11 is 0. The fraction of sp³-hybridized carbons (Fsp3) is 0. The lowest BCUT2D eigenvalue weighted by Gasteiger charge is -1.95. The van der Waals surface area contributed by atoms with E-state index in [1.54, 1.807) is 15.7 Å². The first-order chi connectivity index (χ1) is 7.93. The van der Waals surface area contributed by atoms with Crippen LogP contribution >= 0.6 is 0 Å². The topological polar surface area (TPSA) is 35.1 Å². The SMILES string of the molecule is C(=Nn1cccc1)n1ncc2ccccc21. The summed E-state index contributed by atoms with van der Waals surface area (Å²) in [7, 11) is 0. The second-order valence-corrected chi connectivity index (χ2v) is 3.44. The largest absolute Gasteiger partial charge is 0.247 e. The summed E-state index contributed by atoms with van der Waals surface area (Å²) in [5.41, 5.74) is 1.05. The van der Waals surface area contributed by atoms with Crippen molar-refractivity contribution in [3.05, 3.63) is 55.0 Å². The highest BCUT2D eigenvalue weighted by Gasteiger charge is 1.97. The van der Waals surface area contributed by atoms with Crippen molar-refractivity contribution in [1.29, 1.82) is 0 Å². The summed E-state index contributed by atoms with van der Waals surface area (Å²) in [4.78, 5) is 0. The first-order valence-electron chi connectivity index (χ1n) is 5.03. The Balaban J connectivity index is 2.01. The van der Waals surface area contributed by atoms with E-state index >= 15 is 0 Å². The molecule has 4 heteroatoms. The standard InChI is InChI=1S/C12H10N4/c1-2-6-12-11(5-1)9-13-16(12)10-14-15-7-3-4-8-15/h1-10H. The van der Waals surface area contributed by atoms with Crippen LogP contribution in [0.5, 0.6) is 0 Å². The van der Waals surface area contributed by atoms with Gasteiger partial charge in [0, 0.05) is 17.8 Å². The van der Waals surface area contributed by atoms with Crippen LogP contribution in [0.25, 0.3) is 10.9 Å². The van der Waals surface area contributed by atoms with E-state index in [-0.39, 0.29) is 0 Å². The van der Waals surface area contributed by atoms with Crippen molar-refractivity contribution in [2.24, 2.45) is 5.10 Å². The van der Waals surface area contributed by atoms with Crippen molar-refractivity contribution in [2.45, 2.75) is 0 Å². The molecule has 0 bridgehead atoms. The zero-order chi connectivity index (χ0) is 10.8. The van der Waals surface area contributed by atoms with Crippen LogP contribution in [0.2, 0.25) is 0 Å². The highest BCUT2D eigenvalue weighted by atomic mass is 15.4. The Bertz CT molecular complexity index is 619. The van der Waals surface area contributed by atoms with Gasteiger partial charge < -0.3 is 0 Å². The quantitative estimate of drug-likeness (QED) is 0.471. The maximum absolute atomic E-state index is 4.25. The molecule has 0 atom stereocenters. The predicted molar refractivity (Wildman–Crippen MR) is 63.5 cm³/mol. The Morgan fingerprint density at radius 2 is 1.88 bits per heavy atom. The van der Waals surface area contributed by atoms with Crippen LogP contribution < -0.4 is 0 Å². The molecule has 16 heavy (non-hydrogen) atoms. The minimum atomic E-state index is 1.05. The van der Waals surface area contributed by atoms with Crippen LogP contribution in [0.1, 0.15) is 0 Å². The average Bonchev–Trinajstić information content (AvgIpc) is 2.96. The average molecular weight is 210 g/mol. The van der Waals surface area contributed by atoms with E-state index in [1.165, 1.54) is 0 Å². The van der Waals surface area contributed by atoms with Gasteiger partial charge in [0.1, 0.15) is 6.34 Å². The van der Waals surface area contributed by atoms with E-state index in [1.807, 2.05) is 55.0 Å². The maximum atomic E-state index is 4.25. The van der Waals surface area contributed by atoms with Crippen LogP contribution in [0.15, 0.2) is 60.1 Å². The van der Waals surface area contributed by atoms with Crippen LogP contribution in [0.4, 0.5) is 0 Å². The second kappa shape index (κ2) is 3.66. The zero-order valence-electron chi connectivity index (χ0n) is 8.56. The molecule has 3 aromatic rings. The summed E-state index contributed by atoms with van der Waals surface area (Å²) in [6.07, 6.45) is 7.28. The van der Waals surface area contributed by atoms with Crippen molar-refractivity contribution < 1.29 is 0 Å². The lowest BCUT2D eigenvalue weighted by molar-refractivity contribution is 0.867. The smallest absolute Gasteiger partial charge is 0.138 e. The molecule has 3 rings (SSSR count). The molecule has 0 N–H and O–H groups in total. The Kier molecular flexibility index (Phi) is 2.04. The van der Waals surface area contributed by atoms with Gasteiger partial charge in [-0.3, -0.25) is 0 Å². The van der Waals surface area contributed by atoms with E-state index in [2.05, 4.69) is 10.2 Å². The van der Waals surface area contributed by atoms with Crippen LogP contribution in [-0.2, 0) is 0 Å². The molecule has 78 valence electrons. The molecule has 0 amide bonds. The minimum Gasteiger partial charge on any atom is -0.247 e. The van der Waals surface area contributed by atoms with Crippen molar-refractivity contribution in [1.82, 2.24) is 14.5 Å². The van der Waals surface area contributed by atoms with Crippen molar-refractivity contribution >= 4 is 17.2 Å². The summed E-state index contributed by atoms with van der Waals surface area (Å²) in [5, 5.41) is 9.61. The van der Waals surface area contributed by atoms with Gasteiger partial charge in [-0.1, -0.05) is 18.2 Å². The van der Waals surface area contributed by atoms with Crippen LogP contribution in [-0.4, -0.2) is 20.8 Å². The van der Waals surface area contributed by atoms with Gasteiger partial charge >= 0.3 is 0 Å². The number of nitrogens with zero attached hydrogens (tertiary/aromatic N) is 4. The Morgan fingerprint density at radius 1 is 1.06 bits per heavy atom. The van der Waals surface area contributed by atoms with Crippen LogP contribution in [0, 0.1) is 0 Å². The van der Waals surface area contributed by atoms with Crippen molar-refractivity contribution in [3.63, 3.8) is 0 Å². The summed E-state index contributed by atoms with van der Waals surface area (Å²) < 4.78 is 3.49. The number of hydrogen-bond acceptors (Lipinski definition) is 2. The molecule has 0 unspecified atom stereocenters. The van der Waals surface area contributed by atoms with E-state index in [0.717, 1.165) is 10.9 Å². The van der Waals surface area contributed by atoms with Gasteiger partial charge in [-0.05, 0) is 18.2 Å². The van der Waals surface area contributed by atoms with Gasteiger partial charge in [-0.2, -0.15) is 10.2 Å². The Hall–Kier alpha value is -2.36. The molecule has 0 aliphatic rings. The fourth-order valence-corrected chi connectivity index (χ4v) is 1.59. The highest BCUT2D eigenvalue weighted by Crippen LogP contribution is 2.10. The molecule has 0 radical (unpaired) electrons. The number of rotatable bonds is 2. The number of hydrogen-bond donors (Lipinski definition) is 0. The first-order valence-corrected chi connectivity index (χ1v) is 5.03. The Morgan fingerprint density at radius 3 is 2.75 bits per heavy atom. The molecule has 0 aliphatic carbocycles. The maximum Gasteiger partial charge on any atom is 0.138 e. The van der Waals surface area contributed by atoms with E-state index in [0.29, 0.717) is 0 Å². The third-order valence-electron chi connectivity index (χ3n) is 2.39. The third kappa shape index (κ3) is 1.50. The Labute approximate surface area is 92.4 Å². The van der Waals surface area contributed by atoms with Gasteiger partial charge in [0.25, 0.3) is 0 Å². The van der Waals surface area contributed by atoms with Gasteiger partial charge in [0.15, 0.2) is 0 Å². The normalized spacial score (nSPS) is 11.5. The van der Waals surface area contributed by atoms with Crippen molar-refractivity contribution in [2.75, 3.05) is 0 Å². The monoisotopic (exact) mass is 210 g/mol. The lowest BCUT2D eigenvalue weighted by atomic mass is 10.3. The number of benzene rings is 1. The predicted octanol–water partition coefficient (Wildman–Crippen LogP) is 2.18. The van der Waals surface area contributed by atoms with E-state index in [9.17, 15) is 0 Å². The summed E-state index contributed by atoms with van der Waals surface area (Å²) in [5.74, 6) is 0. The molecule has 0 saturated heterocycles. The van der Waals surface area contributed by atoms with Gasteiger partial charge in [-0.25, -0.2) is 9.36 Å². The molecule has 1 aromatic carbocycles. The zero-order valence-corrected chi connectivity index (χ0v) is 8.56. The van der Waals surface area contributed by atoms with Gasteiger partial charge in [0.05, 0.1) is 11.7 Å². The fourth-order valence-electron chi connectivity index (χ4n) is 1.59. The van der Waals surface area contributed by atoms with E-state index in [4.69, 9.17) is 0 Å². The lowest BCUT2D eigenvalue weighted by Crippen LogP contribution is -1.98. The molecule has 0 saturated carbocycles. The molecule has 4 nitrogen and oxygen atoms in total. The van der Waals surface area contributed by atoms with E-state index < -0.39 is 0 Å². The number of fused-ring (bicyclic) bond motifs is 1. The highest BCUT2D eigenvalue weighted by molar-refractivity contribution is 5.84. The molecule has 2 aromatic heterocycles. The van der Waals surface area contributed by atoms with Crippen LogP contribution in [0.3, 0.4) is 0 Å². The van der Waals surface area contributed by atoms with Gasteiger partial charge in [-0.15, -0.1) is 0 Å². The molecular weight excluding hydrogens is 200 g/mol. The molecule has 2 heterocycles. The minimum absolute atomic E-state index is 1.05.